The van der Waals surface area contributed by atoms with Crippen LogP contribution in [-0.2, 0) is 13.5 Å². The Morgan fingerprint density at radius 3 is 2.78 bits per heavy atom. The van der Waals surface area contributed by atoms with Crippen molar-refractivity contribution in [2.75, 3.05) is 0 Å². The van der Waals surface area contributed by atoms with Gasteiger partial charge in [0, 0.05) is 24.7 Å². The van der Waals surface area contributed by atoms with E-state index in [-0.39, 0.29) is 6.04 Å². The highest BCUT2D eigenvalue weighted by atomic mass is 35.5. The second-order valence-electron chi connectivity index (χ2n) is 4.47. The van der Waals surface area contributed by atoms with Crippen LogP contribution < -0.4 is 11.3 Å². The Bertz CT molecular complexity index is 515. The van der Waals surface area contributed by atoms with E-state index in [0.717, 1.165) is 28.3 Å². The Kier molecular flexibility index (Phi) is 4.01. The summed E-state index contributed by atoms with van der Waals surface area (Å²) in [7, 11) is 1.90. The summed E-state index contributed by atoms with van der Waals surface area (Å²) in [5.74, 6) is 5.63. The van der Waals surface area contributed by atoms with Crippen LogP contribution >= 0.6 is 11.6 Å². The molecular formula is C13H17ClN4. The predicted molar refractivity (Wildman–Crippen MR) is 73.2 cm³/mol. The molecule has 1 atom stereocenters. The monoisotopic (exact) mass is 264 g/mol. The second-order valence-corrected chi connectivity index (χ2v) is 4.90. The zero-order valence-corrected chi connectivity index (χ0v) is 11.3. The van der Waals surface area contributed by atoms with Crippen molar-refractivity contribution in [1.29, 1.82) is 0 Å². The molecule has 4 nitrogen and oxygen atoms in total. The lowest BCUT2D eigenvalue weighted by molar-refractivity contribution is 0.541. The van der Waals surface area contributed by atoms with Gasteiger partial charge in [0.25, 0.3) is 0 Å². The zero-order chi connectivity index (χ0) is 13.1. The number of hydrogen-bond acceptors (Lipinski definition) is 3. The molecule has 96 valence electrons. The van der Waals surface area contributed by atoms with E-state index in [1.54, 1.807) is 4.68 Å². The Hall–Kier alpha value is -1.36. The first-order valence-electron chi connectivity index (χ1n) is 5.80. The van der Waals surface area contributed by atoms with Crippen LogP contribution in [0.15, 0.2) is 30.5 Å². The van der Waals surface area contributed by atoms with Crippen LogP contribution in [0.4, 0.5) is 0 Å². The first kappa shape index (κ1) is 13.1. The fourth-order valence-corrected chi connectivity index (χ4v) is 2.32. The molecule has 3 N–H and O–H groups in total. The maximum absolute atomic E-state index is 6.07. The molecule has 0 bridgehead atoms. The van der Waals surface area contributed by atoms with Crippen LogP contribution in [-0.4, -0.2) is 9.78 Å². The molecule has 0 aliphatic rings. The molecule has 0 amide bonds. The standard InChI is InChI=1S/C13H17ClN4/c1-9-5-10(7-11(14)6-9)13(16-15)8-12-3-4-18(2)17-12/h3-7,13,16H,8,15H2,1-2H3. The molecule has 0 saturated heterocycles. The SMILES string of the molecule is Cc1cc(Cl)cc(C(Cc2ccn(C)n2)NN)c1. The third-order valence-corrected chi connectivity index (χ3v) is 3.07. The quantitative estimate of drug-likeness (QED) is 0.657. The van der Waals surface area contributed by atoms with Crippen LogP contribution in [0.25, 0.3) is 0 Å². The van der Waals surface area contributed by atoms with Crippen molar-refractivity contribution in [3.8, 4) is 0 Å². The van der Waals surface area contributed by atoms with E-state index in [2.05, 4.69) is 16.6 Å². The smallest absolute Gasteiger partial charge is 0.0643 e. The van der Waals surface area contributed by atoms with Gasteiger partial charge in [-0.15, -0.1) is 0 Å². The van der Waals surface area contributed by atoms with Crippen molar-refractivity contribution >= 4 is 11.6 Å². The number of hydrazine groups is 1. The lowest BCUT2D eigenvalue weighted by atomic mass is 10.0. The molecule has 1 heterocycles. The summed E-state index contributed by atoms with van der Waals surface area (Å²) in [6, 6.07) is 7.94. The minimum atomic E-state index is 0.0114. The average Bonchev–Trinajstić information content (AvgIpc) is 2.70. The lowest BCUT2D eigenvalue weighted by Crippen LogP contribution is -2.29. The number of aryl methyl sites for hydroxylation is 2. The van der Waals surface area contributed by atoms with Gasteiger partial charge in [-0.25, -0.2) is 0 Å². The maximum atomic E-state index is 6.07. The highest BCUT2D eigenvalue weighted by Gasteiger charge is 2.13. The van der Waals surface area contributed by atoms with Crippen molar-refractivity contribution in [2.24, 2.45) is 12.9 Å². The number of nitrogens with zero attached hydrogens (tertiary/aromatic N) is 2. The molecule has 2 aromatic rings. The van der Waals surface area contributed by atoms with Crippen LogP contribution in [0.2, 0.25) is 5.02 Å². The Labute approximate surface area is 112 Å². The number of benzene rings is 1. The summed E-state index contributed by atoms with van der Waals surface area (Å²) < 4.78 is 1.78. The predicted octanol–water partition coefficient (Wildman–Crippen LogP) is 2.13. The van der Waals surface area contributed by atoms with Crippen LogP contribution in [0.1, 0.15) is 22.9 Å². The Morgan fingerprint density at radius 2 is 2.22 bits per heavy atom. The van der Waals surface area contributed by atoms with Crippen LogP contribution in [0.3, 0.4) is 0 Å². The van der Waals surface area contributed by atoms with Gasteiger partial charge in [-0.05, 0) is 36.2 Å². The summed E-state index contributed by atoms with van der Waals surface area (Å²) in [5, 5.41) is 5.08. The minimum absolute atomic E-state index is 0.0114. The van der Waals surface area contributed by atoms with Gasteiger partial charge >= 0.3 is 0 Å². The van der Waals surface area contributed by atoms with Gasteiger partial charge in [-0.3, -0.25) is 16.0 Å². The molecule has 18 heavy (non-hydrogen) atoms. The summed E-state index contributed by atoms with van der Waals surface area (Å²) in [4.78, 5) is 0. The van der Waals surface area contributed by atoms with Gasteiger partial charge < -0.3 is 0 Å². The second kappa shape index (κ2) is 5.52. The van der Waals surface area contributed by atoms with Gasteiger partial charge in [0.05, 0.1) is 11.7 Å². The molecule has 2 rings (SSSR count). The largest absolute Gasteiger partial charge is 0.276 e. The maximum Gasteiger partial charge on any atom is 0.0643 e. The van der Waals surface area contributed by atoms with Crippen molar-refractivity contribution in [1.82, 2.24) is 15.2 Å². The summed E-state index contributed by atoms with van der Waals surface area (Å²) in [6.07, 6.45) is 2.66. The van der Waals surface area contributed by atoms with E-state index in [9.17, 15) is 0 Å². The van der Waals surface area contributed by atoms with Crippen LogP contribution in [0, 0.1) is 6.92 Å². The van der Waals surface area contributed by atoms with E-state index in [4.69, 9.17) is 17.4 Å². The third-order valence-electron chi connectivity index (χ3n) is 2.85. The normalized spacial score (nSPS) is 12.7. The van der Waals surface area contributed by atoms with Crippen molar-refractivity contribution in [2.45, 2.75) is 19.4 Å². The van der Waals surface area contributed by atoms with Crippen molar-refractivity contribution < 1.29 is 0 Å². The number of hydrogen-bond donors (Lipinski definition) is 2. The first-order chi connectivity index (χ1) is 8.58. The molecule has 0 spiro atoms. The van der Waals surface area contributed by atoms with Gasteiger partial charge in [0.1, 0.15) is 0 Å². The average molecular weight is 265 g/mol. The Balaban J connectivity index is 2.22. The number of rotatable bonds is 4. The molecule has 0 saturated carbocycles. The minimum Gasteiger partial charge on any atom is -0.276 e. The molecule has 5 heteroatoms. The third kappa shape index (κ3) is 3.10. The molecule has 1 aromatic carbocycles. The van der Waals surface area contributed by atoms with E-state index < -0.39 is 0 Å². The van der Waals surface area contributed by atoms with E-state index in [1.165, 1.54) is 0 Å². The van der Waals surface area contributed by atoms with Gasteiger partial charge in [0.2, 0.25) is 0 Å². The summed E-state index contributed by atoms with van der Waals surface area (Å²) in [5.41, 5.74) is 6.02. The van der Waals surface area contributed by atoms with Gasteiger partial charge in [0.15, 0.2) is 0 Å². The summed E-state index contributed by atoms with van der Waals surface area (Å²) in [6.45, 7) is 2.02. The number of halogens is 1. The Morgan fingerprint density at radius 1 is 1.44 bits per heavy atom. The molecule has 0 radical (unpaired) electrons. The van der Waals surface area contributed by atoms with Crippen molar-refractivity contribution in [3.05, 3.63) is 52.3 Å². The molecular weight excluding hydrogens is 248 g/mol. The van der Waals surface area contributed by atoms with Gasteiger partial charge in [-0.1, -0.05) is 17.7 Å². The highest BCUT2D eigenvalue weighted by Crippen LogP contribution is 2.22. The summed E-state index contributed by atoms with van der Waals surface area (Å²) >= 11 is 6.07. The molecule has 0 aliphatic carbocycles. The molecule has 0 fully saturated rings. The van der Waals surface area contributed by atoms with Gasteiger partial charge in [-0.2, -0.15) is 5.10 Å². The molecule has 0 aliphatic heterocycles. The van der Waals surface area contributed by atoms with Crippen LogP contribution in [0.5, 0.6) is 0 Å². The molecule has 1 unspecified atom stereocenters. The zero-order valence-electron chi connectivity index (χ0n) is 10.5. The lowest BCUT2D eigenvalue weighted by Gasteiger charge is -2.16. The van der Waals surface area contributed by atoms with Crippen molar-refractivity contribution in [3.63, 3.8) is 0 Å². The number of nitrogens with one attached hydrogen (secondary N) is 1. The fraction of sp³-hybridized carbons (Fsp3) is 0.308. The van der Waals surface area contributed by atoms with E-state index >= 15 is 0 Å². The first-order valence-corrected chi connectivity index (χ1v) is 6.18. The number of aromatic nitrogens is 2. The van der Waals surface area contributed by atoms with E-state index in [1.807, 2.05) is 38.4 Å². The topological polar surface area (TPSA) is 55.9 Å². The highest BCUT2D eigenvalue weighted by molar-refractivity contribution is 6.30. The van der Waals surface area contributed by atoms with E-state index in [0.29, 0.717) is 0 Å². The molecule has 1 aromatic heterocycles. The fourth-order valence-electron chi connectivity index (χ4n) is 2.02. The number of nitrogens with two attached hydrogens (primary N) is 1.